The summed E-state index contributed by atoms with van der Waals surface area (Å²) >= 11 is 0. The SMILES string of the molecule is Cc1ccc(S(=O)(=O)N[C@H](C)c2ccccc2)cc1C(=O)Nc1cccc(C(F)(F)F)c1. The van der Waals surface area contributed by atoms with Crippen molar-refractivity contribution in [2.75, 3.05) is 5.32 Å². The molecule has 0 heterocycles. The van der Waals surface area contributed by atoms with Crippen molar-refractivity contribution in [2.45, 2.75) is 31.0 Å². The van der Waals surface area contributed by atoms with Gasteiger partial charge in [-0.15, -0.1) is 0 Å². The maximum atomic E-state index is 12.9. The number of amides is 1. The Kier molecular flexibility index (Phi) is 6.71. The number of alkyl halides is 3. The fourth-order valence-electron chi connectivity index (χ4n) is 3.10. The zero-order chi connectivity index (χ0) is 23.5. The van der Waals surface area contributed by atoms with Crippen molar-refractivity contribution in [1.82, 2.24) is 4.72 Å². The number of benzene rings is 3. The lowest BCUT2D eigenvalue weighted by atomic mass is 10.1. The highest BCUT2D eigenvalue weighted by atomic mass is 32.2. The molecule has 1 amide bonds. The highest BCUT2D eigenvalue weighted by molar-refractivity contribution is 7.89. The zero-order valence-corrected chi connectivity index (χ0v) is 18.1. The molecule has 0 bridgehead atoms. The van der Waals surface area contributed by atoms with E-state index in [0.29, 0.717) is 5.56 Å². The number of anilines is 1. The maximum Gasteiger partial charge on any atom is 0.416 e. The molecular formula is C23H21F3N2O3S. The molecule has 0 unspecified atom stereocenters. The van der Waals surface area contributed by atoms with E-state index in [1.165, 1.54) is 30.3 Å². The molecule has 0 aromatic heterocycles. The van der Waals surface area contributed by atoms with Crippen LogP contribution >= 0.6 is 0 Å². The van der Waals surface area contributed by atoms with E-state index in [1.807, 2.05) is 6.07 Å². The Labute approximate surface area is 184 Å². The van der Waals surface area contributed by atoms with E-state index in [0.717, 1.165) is 17.7 Å². The molecule has 9 heteroatoms. The standard InChI is InChI=1S/C23H21F3N2O3S/c1-15-11-12-20(32(30,31)28-16(2)17-7-4-3-5-8-17)14-21(15)22(29)27-19-10-6-9-18(13-19)23(24,25)26/h3-14,16,28H,1-2H3,(H,27,29)/t16-/m1/s1. The van der Waals surface area contributed by atoms with E-state index in [2.05, 4.69) is 10.0 Å². The number of sulfonamides is 1. The number of nitrogens with one attached hydrogen (secondary N) is 2. The molecule has 0 aliphatic carbocycles. The van der Waals surface area contributed by atoms with E-state index in [4.69, 9.17) is 0 Å². The van der Waals surface area contributed by atoms with Crippen LogP contribution in [-0.4, -0.2) is 14.3 Å². The first-order chi connectivity index (χ1) is 15.0. The Morgan fingerprint density at radius 3 is 2.28 bits per heavy atom. The Bertz CT molecular complexity index is 1230. The highest BCUT2D eigenvalue weighted by Gasteiger charge is 2.30. The van der Waals surface area contributed by atoms with E-state index >= 15 is 0 Å². The molecule has 32 heavy (non-hydrogen) atoms. The summed E-state index contributed by atoms with van der Waals surface area (Å²) in [6.07, 6.45) is -4.55. The van der Waals surface area contributed by atoms with Gasteiger partial charge in [-0.05, 0) is 55.3 Å². The van der Waals surface area contributed by atoms with Crippen molar-refractivity contribution in [3.8, 4) is 0 Å². The van der Waals surface area contributed by atoms with Crippen molar-refractivity contribution < 1.29 is 26.4 Å². The van der Waals surface area contributed by atoms with E-state index in [1.54, 1.807) is 38.1 Å². The topological polar surface area (TPSA) is 75.3 Å². The molecule has 0 aliphatic rings. The number of halogens is 3. The van der Waals surface area contributed by atoms with Crippen molar-refractivity contribution in [2.24, 2.45) is 0 Å². The Morgan fingerprint density at radius 2 is 1.62 bits per heavy atom. The molecule has 0 fully saturated rings. The number of carbonyl (C=O) groups is 1. The normalized spacial score (nSPS) is 12.9. The van der Waals surface area contributed by atoms with Gasteiger partial charge >= 0.3 is 6.18 Å². The third-order valence-corrected chi connectivity index (χ3v) is 6.38. The summed E-state index contributed by atoms with van der Waals surface area (Å²) in [6.45, 7) is 3.31. The predicted molar refractivity (Wildman–Crippen MR) is 116 cm³/mol. The van der Waals surface area contributed by atoms with Gasteiger partial charge in [-0.3, -0.25) is 4.79 Å². The van der Waals surface area contributed by atoms with Gasteiger partial charge in [0.1, 0.15) is 0 Å². The molecule has 3 rings (SSSR count). The minimum absolute atomic E-state index is 0.0395. The lowest BCUT2D eigenvalue weighted by Crippen LogP contribution is -2.27. The third kappa shape index (κ3) is 5.54. The molecule has 2 N–H and O–H groups in total. The lowest BCUT2D eigenvalue weighted by Gasteiger charge is -2.16. The van der Waals surface area contributed by atoms with Gasteiger partial charge in [0.25, 0.3) is 5.91 Å². The number of hydrogen-bond donors (Lipinski definition) is 2. The second kappa shape index (κ2) is 9.13. The van der Waals surface area contributed by atoms with Crippen LogP contribution in [0.5, 0.6) is 0 Å². The summed E-state index contributed by atoms with van der Waals surface area (Å²) in [5.74, 6) is -0.713. The summed E-state index contributed by atoms with van der Waals surface area (Å²) < 4.78 is 67.0. The van der Waals surface area contributed by atoms with E-state index in [-0.39, 0.29) is 16.1 Å². The predicted octanol–water partition coefficient (Wildman–Crippen LogP) is 5.31. The smallest absolute Gasteiger partial charge is 0.322 e. The minimum atomic E-state index is -4.55. The summed E-state index contributed by atoms with van der Waals surface area (Å²) in [7, 11) is -3.96. The van der Waals surface area contributed by atoms with Crippen LogP contribution in [0, 0.1) is 6.92 Å². The fraction of sp³-hybridized carbons (Fsp3) is 0.174. The van der Waals surface area contributed by atoms with Crippen LogP contribution in [0.4, 0.5) is 18.9 Å². The van der Waals surface area contributed by atoms with Crippen LogP contribution in [0.1, 0.15) is 40.0 Å². The number of carbonyl (C=O) groups excluding carboxylic acids is 1. The number of hydrogen-bond acceptors (Lipinski definition) is 3. The first kappa shape index (κ1) is 23.5. The quantitative estimate of drug-likeness (QED) is 0.522. The largest absolute Gasteiger partial charge is 0.416 e. The maximum absolute atomic E-state index is 12.9. The molecule has 0 saturated heterocycles. The summed E-state index contributed by atoms with van der Waals surface area (Å²) in [5, 5.41) is 2.40. The van der Waals surface area contributed by atoms with Gasteiger partial charge in [0.05, 0.1) is 10.5 Å². The van der Waals surface area contributed by atoms with Gasteiger partial charge in [0.15, 0.2) is 0 Å². The van der Waals surface area contributed by atoms with Crippen LogP contribution in [0.3, 0.4) is 0 Å². The zero-order valence-electron chi connectivity index (χ0n) is 17.3. The molecule has 168 valence electrons. The molecule has 0 radical (unpaired) electrons. The first-order valence-corrected chi connectivity index (χ1v) is 11.1. The molecular weight excluding hydrogens is 441 g/mol. The number of aryl methyl sites for hydroxylation is 1. The van der Waals surface area contributed by atoms with E-state index in [9.17, 15) is 26.4 Å². The van der Waals surface area contributed by atoms with Gasteiger partial charge in [-0.25, -0.2) is 13.1 Å². The Hall–Kier alpha value is -3.17. The van der Waals surface area contributed by atoms with Crippen molar-refractivity contribution in [3.63, 3.8) is 0 Å². The van der Waals surface area contributed by atoms with Crippen LogP contribution in [-0.2, 0) is 16.2 Å². The van der Waals surface area contributed by atoms with Gasteiger partial charge in [0.2, 0.25) is 10.0 Å². The lowest BCUT2D eigenvalue weighted by molar-refractivity contribution is -0.137. The summed E-state index contributed by atoms with van der Waals surface area (Å²) in [4.78, 5) is 12.6. The van der Waals surface area contributed by atoms with Crippen LogP contribution in [0.25, 0.3) is 0 Å². The molecule has 0 saturated carbocycles. The highest BCUT2D eigenvalue weighted by Crippen LogP contribution is 2.31. The first-order valence-electron chi connectivity index (χ1n) is 9.64. The summed E-state index contributed by atoms with van der Waals surface area (Å²) in [5.41, 5.74) is 0.337. The second-order valence-electron chi connectivity index (χ2n) is 7.26. The van der Waals surface area contributed by atoms with Gasteiger partial charge < -0.3 is 5.32 Å². The van der Waals surface area contributed by atoms with Crippen molar-refractivity contribution in [1.29, 1.82) is 0 Å². The molecule has 5 nitrogen and oxygen atoms in total. The Balaban J connectivity index is 1.84. The van der Waals surface area contributed by atoms with Crippen LogP contribution < -0.4 is 10.0 Å². The van der Waals surface area contributed by atoms with Crippen molar-refractivity contribution in [3.05, 3.63) is 95.1 Å². The average Bonchev–Trinajstić information content (AvgIpc) is 2.73. The molecule has 3 aromatic carbocycles. The van der Waals surface area contributed by atoms with Crippen LogP contribution in [0.15, 0.2) is 77.7 Å². The van der Waals surface area contributed by atoms with Gasteiger partial charge in [-0.1, -0.05) is 42.5 Å². The summed E-state index contributed by atoms with van der Waals surface area (Å²) in [6, 6.07) is 16.7. The second-order valence-corrected chi connectivity index (χ2v) is 8.98. The average molecular weight is 462 g/mol. The monoisotopic (exact) mass is 462 g/mol. The van der Waals surface area contributed by atoms with Gasteiger partial charge in [0, 0.05) is 17.3 Å². The molecule has 0 spiro atoms. The number of rotatable bonds is 6. The van der Waals surface area contributed by atoms with E-state index < -0.39 is 33.7 Å². The van der Waals surface area contributed by atoms with Crippen LogP contribution in [0.2, 0.25) is 0 Å². The minimum Gasteiger partial charge on any atom is -0.322 e. The molecule has 1 atom stereocenters. The molecule has 3 aromatic rings. The van der Waals surface area contributed by atoms with Crippen molar-refractivity contribution >= 4 is 21.6 Å². The fourth-order valence-corrected chi connectivity index (χ4v) is 4.35. The Morgan fingerprint density at radius 1 is 0.938 bits per heavy atom. The van der Waals surface area contributed by atoms with Gasteiger partial charge in [-0.2, -0.15) is 13.2 Å². The molecule has 0 aliphatic heterocycles. The third-order valence-electron chi connectivity index (χ3n) is 4.84.